The van der Waals surface area contributed by atoms with Crippen molar-refractivity contribution in [3.8, 4) is 0 Å². The van der Waals surface area contributed by atoms with Crippen LogP contribution in [0.15, 0.2) is 0 Å². The number of carboxylic acids is 1. The van der Waals surface area contributed by atoms with Crippen LogP contribution in [0.3, 0.4) is 0 Å². The number of aliphatic carboxylic acids is 1. The average Bonchev–Trinajstić information content (AvgIpc) is 2.09. The summed E-state index contributed by atoms with van der Waals surface area (Å²) in [5, 5.41) is 8.97. The van der Waals surface area contributed by atoms with Crippen LogP contribution in [0.1, 0.15) is 26.7 Å². The highest BCUT2D eigenvalue weighted by Gasteiger charge is 2.34. The van der Waals surface area contributed by atoms with E-state index in [1.165, 1.54) is 4.31 Å². The van der Waals surface area contributed by atoms with E-state index in [-0.39, 0.29) is 5.92 Å². The first-order valence-electron chi connectivity index (χ1n) is 5.38. The zero-order chi connectivity index (χ0) is 12.3. The summed E-state index contributed by atoms with van der Waals surface area (Å²) in [6, 6.07) is -1.05. The van der Waals surface area contributed by atoms with Crippen LogP contribution in [-0.2, 0) is 15.0 Å². The van der Waals surface area contributed by atoms with Gasteiger partial charge in [-0.2, -0.15) is 17.4 Å². The molecule has 1 aliphatic heterocycles. The van der Waals surface area contributed by atoms with Crippen LogP contribution >= 0.6 is 0 Å². The number of nitrogens with zero attached hydrogens (tertiary/aromatic N) is 1. The summed E-state index contributed by atoms with van der Waals surface area (Å²) < 4.78 is 26.9. The van der Waals surface area contributed by atoms with Crippen molar-refractivity contribution in [2.24, 2.45) is 5.92 Å². The maximum absolute atomic E-state index is 11.7. The fraction of sp³-hybridized carbons (Fsp3) is 0.889. The van der Waals surface area contributed by atoms with Crippen molar-refractivity contribution in [3.63, 3.8) is 0 Å². The summed E-state index contributed by atoms with van der Waals surface area (Å²) in [7, 11) is -3.62. The van der Waals surface area contributed by atoms with Crippen LogP contribution in [0.25, 0.3) is 0 Å². The monoisotopic (exact) mass is 250 g/mol. The molecule has 0 unspecified atom stereocenters. The van der Waals surface area contributed by atoms with Gasteiger partial charge in [0, 0.05) is 13.1 Å². The van der Waals surface area contributed by atoms with Gasteiger partial charge in [-0.05, 0) is 12.3 Å². The number of hydrogen-bond donors (Lipinski definition) is 2. The van der Waals surface area contributed by atoms with Crippen LogP contribution in [0.5, 0.6) is 0 Å². The minimum atomic E-state index is -3.62. The van der Waals surface area contributed by atoms with Gasteiger partial charge >= 0.3 is 5.97 Å². The van der Waals surface area contributed by atoms with Crippen LogP contribution in [0, 0.1) is 5.92 Å². The molecule has 1 fully saturated rings. The van der Waals surface area contributed by atoms with E-state index in [0.29, 0.717) is 19.5 Å². The molecule has 0 aromatic carbocycles. The summed E-state index contributed by atoms with van der Waals surface area (Å²) in [4.78, 5) is 11.0. The van der Waals surface area contributed by atoms with Crippen molar-refractivity contribution in [2.75, 3.05) is 13.1 Å². The second-order valence-electron chi connectivity index (χ2n) is 4.08. The molecule has 0 amide bonds. The van der Waals surface area contributed by atoms with Crippen molar-refractivity contribution in [1.82, 2.24) is 9.03 Å². The van der Waals surface area contributed by atoms with Gasteiger partial charge in [-0.1, -0.05) is 20.3 Å². The first kappa shape index (κ1) is 13.4. The van der Waals surface area contributed by atoms with Gasteiger partial charge < -0.3 is 5.11 Å². The van der Waals surface area contributed by atoms with Gasteiger partial charge in [-0.25, -0.2) is 0 Å². The summed E-state index contributed by atoms with van der Waals surface area (Å²) in [5.41, 5.74) is 0. The highest BCUT2D eigenvalue weighted by atomic mass is 32.2. The second-order valence-corrected chi connectivity index (χ2v) is 5.78. The van der Waals surface area contributed by atoms with E-state index in [4.69, 9.17) is 5.11 Å². The Morgan fingerprint density at radius 2 is 2.06 bits per heavy atom. The Labute approximate surface area is 95.8 Å². The van der Waals surface area contributed by atoms with Gasteiger partial charge in [0.1, 0.15) is 6.04 Å². The number of carbonyl (C=O) groups is 1. The van der Waals surface area contributed by atoms with Crippen LogP contribution in [-0.4, -0.2) is 42.9 Å². The molecule has 0 aromatic heterocycles. The molecule has 16 heavy (non-hydrogen) atoms. The summed E-state index contributed by atoms with van der Waals surface area (Å²) >= 11 is 0. The Balaban J connectivity index is 2.71. The summed E-state index contributed by atoms with van der Waals surface area (Å²) in [6.45, 7) is 4.50. The van der Waals surface area contributed by atoms with Crippen LogP contribution < -0.4 is 4.72 Å². The molecule has 6 nitrogen and oxygen atoms in total. The SMILES string of the molecule is CC[C@H](C)[C@H](NS(=O)(=O)N1CCC1)C(=O)O. The standard InChI is InChI=1S/C9H18N2O4S/c1-3-7(2)8(9(12)13)10-16(14,15)11-5-4-6-11/h7-8,10H,3-6H2,1-2H3,(H,12,13)/t7-,8-/m0/s1. The maximum atomic E-state index is 11.7. The first-order valence-corrected chi connectivity index (χ1v) is 6.82. The van der Waals surface area contributed by atoms with Crippen molar-refractivity contribution < 1.29 is 18.3 Å². The van der Waals surface area contributed by atoms with E-state index >= 15 is 0 Å². The van der Waals surface area contributed by atoms with E-state index in [1.807, 2.05) is 6.92 Å². The number of carboxylic acid groups (broad SMARTS) is 1. The highest BCUT2D eigenvalue weighted by Crippen LogP contribution is 2.14. The Morgan fingerprint density at radius 3 is 2.38 bits per heavy atom. The van der Waals surface area contributed by atoms with Crippen LogP contribution in [0.4, 0.5) is 0 Å². The lowest BCUT2D eigenvalue weighted by Gasteiger charge is -2.31. The van der Waals surface area contributed by atoms with Gasteiger partial charge in [0.25, 0.3) is 10.2 Å². The quantitative estimate of drug-likeness (QED) is 0.696. The molecule has 0 aromatic rings. The molecule has 1 rings (SSSR count). The lowest BCUT2D eigenvalue weighted by molar-refractivity contribution is -0.140. The predicted molar refractivity (Wildman–Crippen MR) is 59.1 cm³/mol. The molecule has 2 atom stereocenters. The van der Waals surface area contributed by atoms with Crippen molar-refractivity contribution in [1.29, 1.82) is 0 Å². The molecule has 0 saturated carbocycles. The first-order chi connectivity index (χ1) is 7.38. The molecular formula is C9H18N2O4S. The largest absolute Gasteiger partial charge is 0.480 e. The molecule has 1 heterocycles. The van der Waals surface area contributed by atoms with Gasteiger partial charge in [0.05, 0.1) is 0 Å². The molecule has 0 radical (unpaired) electrons. The molecule has 1 aliphatic rings. The van der Waals surface area contributed by atoms with E-state index in [0.717, 1.165) is 6.42 Å². The molecule has 0 bridgehead atoms. The summed E-state index contributed by atoms with van der Waals surface area (Å²) in [6.07, 6.45) is 1.45. The topological polar surface area (TPSA) is 86.7 Å². The Hall–Kier alpha value is -0.660. The predicted octanol–water partition coefficient (Wildman–Crippen LogP) is 0.0258. The third-order valence-corrected chi connectivity index (χ3v) is 4.51. The van der Waals surface area contributed by atoms with E-state index < -0.39 is 22.2 Å². The zero-order valence-electron chi connectivity index (χ0n) is 9.51. The highest BCUT2D eigenvalue weighted by molar-refractivity contribution is 7.87. The fourth-order valence-electron chi connectivity index (χ4n) is 1.41. The molecule has 1 saturated heterocycles. The number of hydrogen-bond acceptors (Lipinski definition) is 3. The minimum absolute atomic E-state index is 0.228. The molecule has 7 heteroatoms. The molecule has 0 aliphatic carbocycles. The van der Waals surface area contributed by atoms with Gasteiger partial charge in [-0.3, -0.25) is 4.79 Å². The third kappa shape index (κ3) is 2.93. The zero-order valence-corrected chi connectivity index (χ0v) is 10.3. The number of rotatable bonds is 6. The van der Waals surface area contributed by atoms with Gasteiger partial charge in [-0.15, -0.1) is 0 Å². The Kier molecular flexibility index (Phi) is 4.28. The number of nitrogens with one attached hydrogen (secondary N) is 1. The van der Waals surface area contributed by atoms with Crippen LogP contribution in [0.2, 0.25) is 0 Å². The van der Waals surface area contributed by atoms with Gasteiger partial charge in [0.15, 0.2) is 0 Å². The van der Waals surface area contributed by atoms with Crippen molar-refractivity contribution in [3.05, 3.63) is 0 Å². The second kappa shape index (κ2) is 5.11. The lowest BCUT2D eigenvalue weighted by atomic mass is 10.0. The molecule has 0 spiro atoms. The van der Waals surface area contributed by atoms with Crippen molar-refractivity contribution in [2.45, 2.75) is 32.7 Å². The van der Waals surface area contributed by atoms with E-state index in [9.17, 15) is 13.2 Å². The molecule has 2 N–H and O–H groups in total. The van der Waals surface area contributed by atoms with Gasteiger partial charge in [0.2, 0.25) is 0 Å². The average molecular weight is 250 g/mol. The molecular weight excluding hydrogens is 232 g/mol. The van der Waals surface area contributed by atoms with E-state index in [1.54, 1.807) is 6.92 Å². The third-order valence-electron chi connectivity index (χ3n) is 2.91. The summed E-state index contributed by atoms with van der Waals surface area (Å²) in [5.74, 6) is -1.35. The molecule has 94 valence electrons. The lowest BCUT2D eigenvalue weighted by Crippen LogP contribution is -2.54. The van der Waals surface area contributed by atoms with E-state index in [2.05, 4.69) is 4.72 Å². The normalized spacial score (nSPS) is 21.1. The minimum Gasteiger partial charge on any atom is -0.480 e. The fourth-order valence-corrected chi connectivity index (χ4v) is 2.95. The Morgan fingerprint density at radius 1 is 1.50 bits per heavy atom. The maximum Gasteiger partial charge on any atom is 0.322 e. The van der Waals surface area contributed by atoms with Crippen molar-refractivity contribution >= 4 is 16.2 Å². The Bertz CT molecular complexity index is 351. The smallest absolute Gasteiger partial charge is 0.322 e.